The molecule has 2 aromatic rings. The molecule has 0 spiro atoms. The topological polar surface area (TPSA) is 163 Å². The van der Waals surface area contributed by atoms with Gasteiger partial charge < -0.3 is 14.9 Å². The molecule has 2 atom stereocenters. The third kappa shape index (κ3) is 4.07. The van der Waals surface area contributed by atoms with Crippen LogP contribution in [0.4, 0.5) is 17.1 Å². The van der Waals surface area contributed by atoms with Crippen molar-refractivity contribution in [3.05, 3.63) is 68.3 Å². The van der Waals surface area contributed by atoms with Gasteiger partial charge in [-0.25, -0.2) is 4.79 Å². The van der Waals surface area contributed by atoms with Crippen molar-refractivity contribution in [2.24, 2.45) is 21.4 Å². The lowest BCUT2D eigenvalue weighted by molar-refractivity contribution is -0.394. The fourth-order valence-electron chi connectivity index (χ4n) is 5.52. The molecule has 0 radical (unpaired) electrons. The molecule has 2 aliphatic carbocycles. The predicted molar refractivity (Wildman–Crippen MR) is 132 cm³/mol. The van der Waals surface area contributed by atoms with Crippen LogP contribution in [0.25, 0.3) is 0 Å². The van der Waals surface area contributed by atoms with Crippen LogP contribution in [0.15, 0.2) is 47.6 Å². The first kappa shape index (κ1) is 25.7. The molecule has 2 aromatic carbocycles. The number of nitrogens with one attached hydrogen (secondary N) is 1. The number of hydrogen-bond donors (Lipinski definition) is 1. The number of carbonyl (C=O) groups is 2. The number of nitro groups is 2. The molecule has 37 heavy (non-hydrogen) atoms. The van der Waals surface area contributed by atoms with Crippen LogP contribution < -0.4 is 10.1 Å². The Hall–Kier alpha value is -4.35. The Labute approximate surface area is 211 Å². The summed E-state index contributed by atoms with van der Waals surface area (Å²) in [6.07, 6.45) is 1.50. The SMILES string of the molecule is COc1ccc(NC(=O)C23CCC(C)(C(=NOC(=O)c4cc([N+](=O)[O-])cc([N+](=O)[O-])c4)C2)C3(C)C)cc1. The molecule has 194 valence electrons. The van der Waals surface area contributed by atoms with Crippen LogP contribution in [0.2, 0.25) is 0 Å². The molecule has 0 aliphatic heterocycles. The summed E-state index contributed by atoms with van der Waals surface area (Å²) in [5, 5.41) is 29.4. The third-order valence-electron chi connectivity index (χ3n) is 8.31. The first-order chi connectivity index (χ1) is 17.3. The van der Waals surface area contributed by atoms with Gasteiger partial charge in [0.2, 0.25) is 5.91 Å². The summed E-state index contributed by atoms with van der Waals surface area (Å²) in [7, 11) is 1.56. The molecule has 12 nitrogen and oxygen atoms in total. The number of anilines is 1. The minimum Gasteiger partial charge on any atom is -0.497 e. The number of non-ortho nitro benzene ring substituents is 2. The van der Waals surface area contributed by atoms with E-state index in [4.69, 9.17) is 9.57 Å². The first-order valence-corrected chi connectivity index (χ1v) is 11.5. The van der Waals surface area contributed by atoms with E-state index in [1.807, 2.05) is 20.8 Å². The molecule has 2 bridgehead atoms. The van der Waals surface area contributed by atoms with E-state index in [9.17, 15) is 29.8 Å². The summed E-state index contributed by atoms with van der Waals surface area (Å²) < 4.78 is 5.16. The number of oxime groups is 1. The largest absolute Gasteiger partial charge is 0.497 e. The fraction of sp³-hybridized carbons (Fsp3) is 0.400. The zero-order valence-corrected chi connectivity index (χ0v) is 20.8. The van der Waals surface area contributed by atoms with E-state index >= 15 is 0 Å². The normalized spacial score (nSPS) is 24.5. The number of nitrogens with zero attached hydrogens (tertiary/aromatic N) is 3. The lowest BCUT2D eigenvalue weighted by atomic mass is 9.64. The van der Waals surface area contributed by atoms with Crippen molar-refractivity contribution in [1.82, 2.24) is 0 Å². The van der Waals surface area contributed by atoms with Gasteiger partial charge >= 0.3 is 5.97 Å². The second kappa shape index (κ2) is 8.95. The van der Waals surface area contributed by atoms with Crippen LogP contribution >= 0.6 is 0 Å². The van der Waals surface area contributed by atoms with Crippen molar-refractivity contribution in [2.75, 3.05) is 12.4 Å². The van der Waals surface area contributed by atoms with E-state index < -0.39 is 43.4 Å². The highest BCUT2D eigenvalue weighted by Gasteiger charge is 2.71. The highest BCUT2D eigenvalue weighted by molar-refractivity contribution is 6.06. The molecular weight excluding hydrogens is 484 g/mol. The molecule has 2 unspecified atom stereocenters. The van der Waals surface area contributed by atoms with Crippen LogP contribution in [-0.4, -0.2) is 34.5 Å². The van der Waals surface area contributed by atoms with Crippen LogP contribution in [0.3, 0.4) is 0 Å². The summed E-state index contributed by atoms with van der Waals surface area (Å²) >= 11 is 0. The van der Waals surface area contributed by atoms with Crippen molar-refractivity contribution in [2.45, 2.75) is 40.0 Å². The Balaban J connectivity index is 1.59. The fourth-order valence-corrected chi connectivity index (χ4v) is 5.52. The average molecular weight is 511 g/mol. The zero-order chi connectivity index (χ0) is 27.2. The third-order valence-corrected chi connectivity index (χ3v) is 8.31. The zero-order valence-electron chi connectivity index (χ0n) is 20.8. The van der Waals surface area contributed by atoms with Crippen LogP contribution in [0, 0.1) is 36.5 Å². The van der Waals surface area contributed by atoms with Crippen molar-refractivity contribution >= 4 is 34.7 Å². The first-order valence-electron chi connectivity index (χ1n) is 11.5. The molecule has 0 saturated heterocycles. The number of ether oxygens (including phenoxy) is 1. The Morgan fingerprint density at radius 2 is 1.57 bits per heavy atom. The maximum atomic E-state index is 13.6. The van der Waals surface area contributed by atoms with Gasteiger partial charge in [-0.05, 0) is 42.5 Å². The highest BCUT2D eigenvalue weighted by Crippen LogP contribution is 2.71. The Morgan fingerprint density at radius 3 is 2.11 bits per heavy atom. The molecule has 1 amide bonds. The molecule has 0 heterocycles. The van der Waals surface area contributed by atoms with E-state index in [1.165, 1.54) is 0 Å². The predicted octanol–water partition coefficient (Wildman–Crippen LogP) is 4.88. The van der Waals surface area contributed by atoms with Crippen LogP contribution in [-0.2, 0) is 9.63 Å². The van der Waals surface area contributed by atoms with E-state index in [0.29, 0.717) is 30.0 Å². The van der Waals surface area contributed by atoms with Crippen LogP contribution in [0.5, 0.6) is 5.75 Å². The van der Waals surface area contributed by atoms with Crippen molar-refractivity contribution in [3.8, 4) is 5.75 Å². The van der Waals surface area contributed by atoms with Gasteiger partial charge in [-0.15, -0.1) is 0 Å². The average Bonchev–Trinajstić information content (AvgIpc) is 3.18. The number of carbonyl (C=O) groups excluding carboxylic acids is 2. The molecule has 2 fully saturated rings. The molecule has 1 N–H and O–H groups in total. The summed E-state index contributed by atoms with van der Waals surface area (Å²) in [5.74, 6) is -0.575. The Bertz CT molecular complexity index is 1300. The monoisotopic (exact) mass is 510 g/mol. The second-order valence-corrected chi connectivity index (χ2v) is 10.1. The van der Waals surface area contributed by atoms with Crippen molar-refractivity contribution < 1.29 is 29.0 Å². The number of rotatable bonds is 7. The number of fused-ring (bicyclic) bond motifs is 2. The van der Waals surface area contributed by atoms with Gasteiger partial charge in [0.1, 0.15) is 5.75 Å². The molecular formula is C25H26N4O8. The number of methoxy groups -OCH3 is 1. The second-order valence-electron chi connectivity index (χ2n) is 10.1. The summed E-state index contributed by atoms with van der Waals surface area (Å²) in [6.45, 7) is 5.94. The maximum absolute atomic E-state index is 13.6. The summed E-state index contributed by atoms with van der Waals surface area (Å²) in [6, 6.07) is 9.54. The van der Waals surface area contributed by atoms with Crippen molar-refractivity contribution in [1.29, 1.82) is 0 Å². The van der Waals surface area contributed by atoms with Gasteiger partial charge in [0.15, 0.2) is 0 Å². The molecule has 0 aromatic heterocycles. The summed E-state index contributed by atoms with van der Waals surface area (Å²) in [4.78, 5) is 52.0. The number of amides is 1. The van der Waals surface area contributed by atoms with Gasteiger partial charge in [0.05, 0.1) is 39.7 Å². The quantitative estimate of drug-likeness (QED) is 0.313. The number of benzene rings is 2. The minimum absolute atomic E-state index is 0.169. The van der Waals surface area contributed by atoms with E-state index in [1.54, 1.807) is 31.4 Å². The molecule has 2 saturated carbocycles. The number of nitro benzene ring substituents is 2. The smallest absolute Gasteiger partial charge is 0.366 e. The van der Waals surface area contributed by atoms with E-state index in [0.717, 1.165) is 18.2 Å². The van der Waals surface area contributed by atoms with Gasteiger partial charge in [-0.1, -0.05) is 25.9 Å². The van der Waals surface area contributed by atoms with Gasteiger partial charge in [-0.3, -0.25) is 25.0 Å². The standard InChI is InChI=1S/C25H26N4O8/c1-23(2)24(3)9-10-25(23,22(31)26-16-5-7-19(36-4)8-6-16)14-20(24)27-37-21(30)15-11-17(28(32)33)13-18(12-15)29(34)35/h5-8,11-13H,9-10,14H2,1-4H3,(H,26,31). The Morgan fingerprint density at radius 1 is 0.973 bits per heavy atom. The van der Waals surface area contributed by atoms with Gasteiger partial charge in [-0.2, -0.15) is 0 Å². The molecule has 4 rings (SSSR count). The Kier molecular flexibility index (Phi) is 6.22. The minimum atomic E-state index is -1.07. The van der Waals surface area contributed by atoms with E-state index in [2.05, 4.69) is 10.5 Å². The van der Waals surface area contributed by atoms with E-state index in [-0.39, 0.29) is 17.9 Å². The molecule has 12 heteroatoms. The molecule has 2 aliphatic rings. The van der Waals surface area contributed by atoms with Gasteiger partial charge in [0, 0.05) is 29.7 Å². The van der Waals surface area contributed by atoms with Gasteiger partial charge in [0.25, 0.3) is 11.4 Å². The summed E-state index contributed by atoms with van der Waals surface area (Å²) in [5.41, 5.74) is -2.37. The maximum Gasteiger partial charge on any atom is 0.366 e. The lowest BCUT2D eigenvalue weighted by Gasteiger charge is -2.39. The van der Waals surface area contributed by atoms with Crippen molar-refractivity contribution in [3.63, 3.8) is 0 Å². The lowest BCUT2D eigenvalue weighted by Crippen LogP contribution is -2.43. The number of hydrogen-bond acceptors (Lipinski definition) is 9. The highest BCUT2D eigenvalue weighted by atomic mass is 16.7. The van der Waals surface area contributed by atoms with Crippen LogP contribution in [0.1, 0.15) is 50.4 Å².